The molecule has 0 bridgehead atoms. The highest BCUT2D eigenvalue weighted by atomic mass is 33.1. The first-order valence-electron chi connectivity index (χ1n) is 9.14. The number of hydrogen-bond donors (Lipinski definition) is 0. The van der Waals surface area contributed by atoms with Crippen molar-refractivity contribution >= 4 is 31.4 Å². The molecule has 0 N–H and O–H groups in total. The van der Waals surface area contributed by atoms with Crippen LogP contribution in [-0.2, 0) is 27.8 Å². The van der Waals surface area contributed by atoms with E-state index in [1.807, 2.05) is 60.7 Å². The maximum absolute atomic E-state index is 13.9. The summed E-state index contributed by atoms with van der Waals surface area (Å²) in [5, 5.41) is 0. The molecule has 146 valence electrons. The fraction of sp³-hybridized carbons (Fsp3) is 0.455. The van der Waals surface area contributed by atoms with Crippen LogP contribution in [0, 0.1) is 10.8 Å². The average Bonchev–Trinajstić information content (AvgIpc) is 2.86. The highest BCUT2D eigenvalue weighted by Gasteiger charge is 2.69. The van der Waals surface area contributed by atoms with Crippen molar-refractivity contribution in [1.82, 2.24) is 0 Å². The van der Waals surface area contributed by atoms with Crippen LogP contribution in [-0.4, -0.2) is 8.42 Å². The van der Waals surface area contributed by atoms with Crippen LogP contribution in [0.2, 0.25) is 0 Å². The van der Waals surface area contributed by atoms with E-state index in [0.29, 0.717) is 0 Å². The molecular weight excluding hydrogens is 392 g/mol. The Balaban J connectivity index is 2.36. The van der Waals surface area contributed by atoms with Crippen molar-refractivity contribution in [3.63, 3.8) is 0 Å². The van der Waals surface area contributed by atoms with Gasteiger partial charge in [0, 0.05) is 0 Å². The van der Waals surface area contributed by atoms with Crippen molar-refractivity contribution in [2.75, 3.05) is 0 Å². The van der Waals surface area contributed by atoms with Crippen molar-refractivity contribution in [3.05, 3.63) is 71.8 Å². The van der Waals surface area contributed by atoms with Crippen LogP contribution in [0.15, 0.2) is 60.7 Å². The van der Waals surface area contributed by atoms with E-state index < -0.39 is 27.8 Å². The van der Waals surface area contributed by atoms with Gasteiger partial charge in [-0.2, -0.15) is 0 Å². The van der Waals surface area contributed by atoms with Gasteiger partial charge in [-0.05, 0) is 22.0 Å². The van der Waals surface area contributed by atoms with Gasteiger partial charge in [0.1, 0.15) is 27.8 Å². The van der Waals surface area contributed by atoms with E-state index in [4.69, 9.17) is 0 Å². The molecule has 2 aromatic rings. The van der Waals surface area contributed by atoms with E-state index in [9.17, 15) is 8.42 Å². The molecule has 0 amide bonds. The molecule has 0 aliphatic carbocycles. The number of thioether (sulfide) groups is 1. The molecule has 1 aliphatic heterocycles. The smallest absolute Gasteiger partial charge is 0.135 e. The Morgan fingerprint density at radius 2 is 0.926 bits per heavy atom. The summed E-state index contributed by atoms with van der Waals surface area (Å²) < 4.78 is 26.3. The van der Waals surface area contributed by atoms with Gasteiger partial charge in [0.2, 0.25) is 0 Å². The lowest BCUT2D eigenvalue weighted by Gasteiger charge is -2.44. The van der Waals surface area contributed by atoms with Gasteiger partial charge >= 0.3 is 0 Å². The Kier molecular flexibility index (Phi) is 5.28. The Bertz CT molecular complexity index is 792. The Hall–Kier alpha value is -0.910. The SMILES string of the molecule is CC(C)(C)[C@@]1(c2ccccc2)S[C@](c2ccccc2)(C(C)(C)C)[S@@](=O)[S@@]1=O. The predicted molar refractivity (Wildman–Crippen MR) is 119 cm³/mol. The lowest BCUT2D eigenvalue weighted by atomic mass is 9.85. The molecule has 0 saturated carbocycles. The first kappa shape index (κ1) is 20.8. The van der Waals surface area contributed by atoms with Crippen LogP contribution < -0.4 is 0 Å². The van der Waals surface area contributed by atoms with E-state index in [1.165, 1.54) is 0 Å². The predicted octanol–water partition coefficient (Wildman–Crippen LogP) is 5.94. The van der Waals surface area contributed by atoms with Crippen LogP contribution >= 0.6 is 11.8 Å². The fourth-order valence-electron chi connectivity index (χ4n) is 3.78. The molecule has 0 spiro atoms. The second kappa shape index (κ2) is 6.85. The fourth-order valence-corrected chi connectivity index (χ4v) is 13.9. The second-order valence-electron chi connectivity index (χ2n) is 9.04. The zero-order valence-electron chi connectivity index (χ0n) is 16.8. The van der Waals surface area contributed by atoms with E-state index >= 15 is 0 Å². The quantitative estimate of drug-likeness (QED) is 0.564. The maximum atomic E-state index is 13.9. The van der Waals surface area contributed by atoms with E-state index in [0.717, 1.165) is 11.1 Å². The molecule has 5 heteroatoms. The van der Waals surface area contributed by atoms with Crippen LogP contribution in [0.25, 0.3) is 0 Å². The van der Waals surface area contributed by atoms with E-state index in [1.54, 1.807) is 11.8 Å². The minimum atomic E-state index is -1.57. The highest BCUT2D eigenvalue weighted by Crippen LogP contribution is 2.71. The van der Waals surface area contributed by atoms with Gasteiger partial charge in [0.25, 0.3) is 0 Å². The molecule has 1 aliphatic rings. The maximum Gasteiger partial charge on any atom is 0.135 e. The number of rotatable bonds is 2. The van der Waals surface area contributed by atoms with Crippen LogP contribution in [0.4, 0.5) is 0 Å². The van der Waals surface area contributed by atoms with Crippen molar-refractivity contribution in [1.29, 1.82) is 0 Å². The van der Waals surface area contributed by atoms with Gasteiger partial charge < -0.3 is 0 Å². The zero-order valence-corrected chi connectivity index (χ0v) is 19.3. The Morgan fingerprint density at radius 3 is 1.19 bits per heavy atom. The first-order chi connectivity index (χ1) is 12.5. The normalized spacial score (nSPS) is 31.8. The monoisotopic (exact) mass is 420 g/mol. The van der Waals surface area contributed by atoms with Crippen molar-refractivity contribution < 1.29 is 8.42 Å². The van der Waals surface area contributed by atoms with Crippen LogP contribution in [0.3, 0.4) is 0 Å². The number of benzene rings is 2. The molecule has 0 aromatic heterocycles. The Labute approximate surface area is 171 Å². The summed E-state index contributed by atoms with van der Waals surface area (Å²) in [7, 11) is -3.13. The summed E-state index contributed by atoms with van der Waals surface area (Å²) >= 11 is 1.64. The molecule has 2 aromatic carbocycles. The number of hydrogen-bond acceptors (Lipinski definition) is 3. The third-order valence-electron chi connectivity index (χ3n) is 5.18. The summed E-state index contributed by atoms with van der Waals surface area (Å²) in [6, 6.07) is 19.9. The summed E-state index contributed by atoms with van der Waals surface area (Å²) in [4.78, 5) is 0. The molecular formula is C22H28O2S3. The first-order valence-corrected chi connectivity index (χ1v) is 12.8. The summed E-state index contributed by atoms with van der Waals surface area (Å²) in [5.74, 6) is 0. The molecule has 0 radical (unpaired) electrons. The summed E-state index contributed by atoms with van der Waals surface area (Å²) in [5.41, 5.74) is 1.27. The van der Waals surface area contributed by atoms with Crippen molar-refractivity contribution in [3.8, 4) is 0 Å². The Morgan fingerprint density at radius 1 is 0.630 bits per heavy atom. The molecule has 1 heterocycles. The molecule has 2 nitrogen and oxygen atoms in total. The molecule has 1 fully saturated rings. The minimum absolute atomic E-state index is 0.346. The highest BCUT2D eigenvalue weighted by molar-refractivity contribution is 8.69. The molecule has 27 heavy (non-hydrogen) atoms. The standard InChI is InChI=1S/C22H28O2S3/c1-19(2,3)21(17-13-9-7-10-14-17)25-22(20(4,5)6,27(24)26(21)23)18-15-11-8-12-16-18/h7-16H,1-6H3/t21-,22-,26-,27-/m0/s1. The molecule has 1 saturated heterocycles. The summed E-state index contributed by atoms with van der Waals surface area (Å²) in [6.45, 7) is 12.6. The van der Waals surface area contributed by atoms with Crippen LogP contribution in [0.5, 0.6) is 0 Å². The second-order valence-corrected chi connectivity index (χ2v) is 15.0. The van der Waals surface area contributed by atoms with Gasteiger partial charge in [-0.3, -0.25) is 0 Å². The lowest BCUT2D eigenvalue weighted by molar-refractivity contribution is 0.348. The summed E-state index contributed by atoms with van der Waals surface area (Å²) in [6.07, 6.45) is 0. The van der Waals surface area contributed by atoms with Gasteiger partial charge in [0.15, 0.2) is 0 Å². The average molecular weight is 421 g/mol. The lowest BCUT2D eigenvalue weighted by Crippen LogP contribution is -2.40. The molecule has 3 rings (SSSR count). The van der Waals surface area contributed by atoms with Crippen LogP contribution in [0.1, 0.15) is 52.7 Å². The minimum Gasteiger partial charge on any atom is -0.244 e. The largest absolute Gasteiger partial charge is 0.244 e. The van der Waals surface area contributed by atoms with Gasteiger partial charge in [-0.25, -0.2) is 8.42 Å². The molecule has 4 atom stereocenters. The van der Waals surface area contributed by atoms with Gasteiger partial charge in [-0.15, -0.1) is 11.8 Å². The van der Waals surface area contributed by atoms with E-state index in [-0.39, 0.29) is 10.8 Å². The third kappa shape index (κ3) is 2.97. The molecule has 0 unspecified atom stereocenters. The van der Waals surface area contributed by atoms with Gasteiger partial charge in [0.05, 0.1) is 0 Å². The topological polar surface area (TPSA) is 34.1 Å². The van der Waals surface area contributed by atoms with E-state index in [2.05, 4.69) is 41.5 Å². The van der Waals surface area contributed by atoms with Crippen molar-refractivity contribution in [2.45, 2.75) is 49.7 Å². The van der Waals surface area contributed by atoms with Gasteiger partial charge in [-0.1, -0.05) is 102 Å². The zero-order chi connectivity index (χ0) is 20.1. The van der Waals surface area contributed by atoms with Crippen molar-refractivity contribution in [2.24, 2.45) is 10.8 Å². The third-order valence-corrected chi connectivity index (χ3v) is 14.7.